The molecule has 1 atom stereocenters. The second-order valence-corrected chi connectivity index (χ2v) is 7.97. The molecule has 2 aliphatic heterocycles. The van der Waals surface area contributed by atoms with E-state index in [9.17, 15) is 9.59 Å². The molecule has 1 aromatic carbocycles. The Balaban J connectivity index is 1.19. The fraction of sp³-hybridized carbons (Fsp3) is 0.474. The summed E-state index contributed by atoms with van der Waals surface area (Å²) in [6.45, 7) is 3.39. The molecule has 154 valence electrons. The molecule has 2 aromatic rings. The molecule has 1 aromatic heterocycles. The Morgan fingerprint density at radius 1 is 1.14 bits per heavy atom. The lowest BCUT2D eigenvalue weighted by atomic mass is 10.2. The Hall–Kier alpha value is -2.72. The summed E-state index contributed by atoms with van der Waals surface area (Å²) in [6.07, 6.45) is 1.92. The first-order chi connectivity index (χ1) is 14.2. The van der Waals surface area contributed by atoms with Crippen LogP contribution >= 0.6 is 11.3 Å². The number of urea groups is 1. The molecule has 29 heavy (non-hydrogen) atoms. The van der Waals surface area contributed by atoms with Gasteiger partial charge in [-0.3, -0.25) is 10.1 Å². The van der Waals surface area contributed by atoms with Gasteiger partial charge in [-0.1, -0.05) is 29.5 Å². The molecular formula is C19H24N6O3S. The predicted molar refractivity (Wildman–Crippen MR) is 110 cm³/mol. The number of anilines is 2. The molecule has 0 saturated carbocycles. The summed E-state index contributed by atoms with van der Waals surface area (Å²) < 4.78 is 5.57. The Morgan fingerprint density at radius 2 is 1.93 bits per heavy atom. The maximum absolute atomic E-state index is 12.4. The van der Waals surface area contributed by atoms with Crippen molar-refractivity contribution in [2.75, 3.05) is 49.5 Å². The van der Waals surface area contributed by atoms with Gasteiger partial charge < -0.3 is 19.9 Å². The number of carbonyl (C=O) groups excluding carboxylic acids is 2. The van der Waals surface area contributed by atoms with E-state index in [1.807, 2.05) is 18.2 Å². The Morgan fingerprint density at radius 3 is 2.66 bits per heavy atom. The van der Waals surface area contributed by atoms with Crippen molar-refractivity contribution in [3.63, 3.8) is 0 Å². The maximum atomic E-state index is 12.4. The van der Waals surface area contributed by atoms with Gasteiger partial charge >= 0.3 is 6.03 Å². The lowest BCUT2D eigenvalue weighted by molar-refractivity contribution is -0.115. The number of hydrogen-bond donors (Lipinski definition) is 2. The summed E-state index contributed by atoms with van der Waals surface area (Å²) in [5.74, 6) is -0.323. The minimum Gasteiger partial charge on any atom is -0.371 e. The van der Waals surface area contributed by atoms with E-state index in [0.717, 1.165) is 43.2 Å². The molecule has 9 nitrogen and oxygen atoms in total. The molecule has 0 aliphatic carbocycles. The highest BCUT2D eigenvalue weighted by molar-refractivity contribution is 7.15. The third-order valence-corrected chi connectivity index (χ3v) is 5.91. The van der Waals surface area contributed by atoms with Crippen molar-refractivity contribution in [2.24, 2.45) is 0 Å². The number of aromatic nitrogens is 2. The average Bonchev–Trinajstić information content (AvgIpc) is 3.45. The van der Waals surface area contributed by atoms with E-state index in [4.69, 9.17) is 4.74 Å². The van der Waals surface area contributed by atoms with E-state index in [2.05, 4.69) is 37.9 Å². The van der Waals surface area contributed by atoms with E-state index < -0.39 is 0 Å². The van der Waals surface area contributed by atoms with Crippen LogP contribution in [0.5, 0.6) is 0 Å². The normalized spacial score (nSPS) is 19.2. The number of piperazine rings is 1. The smallest absolute Gasteiger partial charge is 0.317 e. The summed E-state index contributed by atoms with van der Waals surface area (Å²) in [7, 11) is 0. The SMILES string of the molecule is O=C(CNC(=O)N1CCN(c2ccccc2)CC1)Nc1nnc([C@H]2CCCO2)s1. The zero-order valence-corrected chi connectivity index (χ0v) is 16.9. The van der Waals surface area contributed by atoms with Crippen LogP contribution in [0.15, 0.2) is 30.3 Å². The number of hydrogen-bond acceptors (Lipinski definition) is 7. The first kappa shape index (κ1) is 19.6. The standard InChI is InChI=1S/C19H24N6O3S/c26-16(21-18-23-22-17(29-18)15-7-4-12-28-15)13-20-19(27)25-10-8-24(9-11-25)14-5-2-1-3-6-14/h1-3,5-6,15H,4,7-13H2,(H,20,27)(H,21,23,26)/t15-/m1/s1. The summed E-state index contributed by atoms with van der Waals surface area (Å²) in [4.78, 5) is 28.4. The van der Waals surface area contributed by atoms with Gasteiger partial charge in [0.25, 0.3) is 0 Å². The number of para-hydroxylation sites is 1. The molecule has 3 amide bonds. The van der Waals surface area contributed by atoms with Crippen LogP contribution in [0, 0.1) is 0 Å². The topological polar surface area (TPSA) is 99.7 Å². The predicted octanol–water partition coefficient (Wildman–Crippen LogP) is 1.86. The molecule has 0 spiro atoms. The number of rotatable bonds is 5. The Labute approximate surface area is 173 Å². The number of amides is 3. The highest BCUT2D eigenvalue weighted by Crippen LogP contribution is 2.31. The van der Waals surface area contributed by atoms with Gasteiger partial charge in [-0.15, -0.1) is 10.2 Å². The van der Waals surface area contributed by atoms with Gasteiger partial charge in [0.05, 0.1) is 6.54 Å². The highest BCUT2D eigenvalue weighted by Gasteiger charge is 2.23. The maximum Gasteiger partial charge on any atom is 0.317 e. The molecule has 10 heteroatoms. The van der Waals surface area contributed by atoms with Gasteiger partial charge in [-0.2, -0.15) is 0 Å². The lowest BCUT2D eigenvalue weighted by Gasteiger charge is -2.36. The minimum atomic E-state index is -0.323. The van der Waals surface area contributed by atoms with Crippen LogP contribution in [0.2, 0.25) is 0 Å². The molecule has 2 saturated heterocycles. The van der Waals surface area contributed by atoms with Gasteiger partial charge in [0.15, 0.2) is 0 Å². The fourth-order valence-corrected chi connectivity index (χ4v) is 4.27. The van der Waals surface area contributed by atoms with E-state index in [-0.39, 0.29) is 24.6 Å². The second-order valence-electron chi connectivity index (χ2n) is 6.96. The van der Waals surface area contributed by atoms with E-state index in [1.165, 1.54) is 11.3 Å². The number of nitrogens with one attached hydrogen (secondary N) is 2. The second kappa shape index (κ2) is 9.19. The van der Waals surface area contributed by atoms with E-state index >= 15 is 0 Å². The third kappa shape index (κ3) is 5.01. The van der Waals surface area contributed by atoms with Crippen LogP contribution in [0.1, 0.15) is 24.0 Å². The van der Waals surface area contributed by atoms with Crippen LogP contribution in [0.3, 0.4) is 0 Å². The number of nitrogens with zero attached hydrogens (tertiary/aromatic N) is 4. The molecular weight excluding hydrogens is 392 g/mol. The van der Waals surface area contributed by atoms with Crippen LogP contribution in [0.4, 0.5) is 15.6 Å². The Kier molecular flexibility index (Phi) is 6.20. The first-order valence-corrected chi connectivity index (χ1v) is 10.6. The molecule has 2 N–H and O–H groups in total. The largest absolute Gasteiger partial charge is 0.371 e. The van der Waals surface area contributed by atoms with Crippen LogP contribution < -0.4 is 15.5 Å². The summed E-state index contributed by atoms with van der Waals surface area (Å²) in [5, 5.41) is 14.6. The van der Waals surface area contributed by atoms with Crippen molar-refractivity contribution >= 4 is 34.1 Å². The van der Waals surface area contributed by atoms with Crippen molar-refractivity contribution < 1.29 is 14.3 Å². The fourth-order valence-electron chi connectivity index (χ4n) is 3.43. The van der Waals surface area contributed by atoms with E-state index in [0.29, 0.717) is 18.2 Å². The molecule has 3 heterocycles. The molecule has 0 bridgehead atoms. The van der Waals surface area contributed by atoms with Crippen molar-refractivity contribution in [1.29, 1.82) is 0 Å². The molecule has 2 fully saturated rings. The van der Waals surface area contributed by atoms with Crippen molar-refractivity contribution in [2.45, 2.75) is 18.9 Å². The average molecular weight is 417 g/mol. The highest BCUT2D eigenvalue weighted by atomic mass is 32.1. The summed E-state index contributed by atoms with van der Waals surface area (Å²) >= 11 is 1.31. The van der Waals surface area contributed by atoms with Crippen molar-refractivity contribution in [3.05, 3.63) is 35.3 Å². The first-order valence-electron chi connectivity index (χ1n) is 9.76. The van der Waals surface area contributed by atoms with Crippen LogP contribution in [-0.2, 0) is 9.53 Å². The monoisotopic (exact) mass is 416 g/mol. The molecule has 0 radical (unpaired) electrons. The van der Waals surface area contributed by atoms with E-state index in [1.54, 1.807) is 4.90 Å². The van der Waals surface area contributed by atoms with Crippen LogP contribution in [-0.4, -0.2) is 66.4 Å². The number of carbonyl (C=O) groups is 2. The molecule has 2 aliphatic rings. The summed E-state index contributed by atoms with van der Waals surface area (Å²) in [6, 6.07) is 9.91. The van der Waals surface area contributed by atoms with Crippen molar-refractivity contribution in [3.8, 4) is 0 Å². The van der Waals surface area contributed by atoms with Gasteiger partial charge in [0.1, 0.15) is 11.1 Å². The van der Waals surface area contributed by atoms with Crippen molar-refractivity contribution in [1.82, 2.24) is 20.4 Å². The third-order valence-electron chi connectivity index (χ3n) is 4.98. The minimum absolute atomic E-state index is 0.0209. The zero-order valence-electron chi connectivity index (χ0n) is 16.0. The Bertz CT molecular complexity index is 831. The van der Waals surface area contributed by atoms with Crippen LogP contribution in [0.25, 0.3) is 0 Å². The van der Waals surface area contributed by atoms with Gasteiger partial charge in [0.2, 0.25) is 11.0 Å². The summed E-state index contributed by atoms with van der Waals surface area (Å²) in [5.41, 5.74) is 1.16. The van der Waals surface area contributed by atoms with Gasteiger partial charge in [-0.25, -0.2) is 4.79 Å². The van der Waals surface area contributed by atoms with Gasteiger partial charge in [-0.05, 0) is 25.0 Å². The van der Waals surface area contributed by atoms with Gasteiger partial charge in [0, 0.05) is 38.5 Å². The number of ether oxygens (including phenoxy) is 1. The lowest BCUT2D eigenvalue weighted by Crippen LogP contribution is -2.52. The quantitative estimate of drug-likeness (QED) is 0.772. The zero-order chi connectivity index (χ0) is 20.1. The number of benzene rings is 1. The molecule has 0 unspecified atom stereocenters. The molecule has 4 rings (SSSR count).